The molecule has 5 heteroatoms. The number of carbonyl (C=O) groups is 2. The summed E-state index contributed by atoms with van der Waals surface area (Å²) >= 11 is 0. The predicted octanol–water partition coefficient (Wildman–Crippen LogP) is 2.33. The van der Waals surface area contributed by atoms with E-state index < -0.39 is 5.92 Å². The van der Waals surface area contributed by atoms with Crippen LogP contribution in [0.15, 0.2) is 18.2 Å². The van der Waals surface area contributed by atoms with E-state index in [1.165, 1.54) is 7.11 Å². The van der Waals surface area contributed by atoms with Crippen molar-refractivity contribution in [3.8, 4) is 0 Å². The van der Waals surface area contributed by atoms with Crippen LogP contribution >= 0.6 is 0 Å². The maximum absolute atomic E-state index is 12.9. The molecule has 0 aliphatic rings. The van der Waals surface area contributed by atoms with Crippen molar-refractivity contribution in [2.24, 2.45) is 5.92 Å². The number of rotatable bonds is 7. The zero-order valence-corrected chi connectivity index (χ0v) is 14.6. The number of methoxy groups -OCH3 is 1. The molecule has 0 aromatic heterocycles. The first-order valence-corrected chi connectivity index (χ1v) is 7.92. The minimum atomic E-state index is -0.448. The summed E-state index contributed by atoms with van der Waals surface area (Å²) in [5.74, 6) is -0.989. The summed E-state index contributed by atoms with van der Waals surface area (Å²) in [4.78, 5) is 26.1. The lowest BCUT2D eigenvalue weighted by Gasteiger charge is -2.32. The lowest BCUT2D eigenvalue weighted by atomic mass is 10.0. The molecule has 0 aliphatic heterocycles. The topological polar surface area (TPSA) is 66.8 Å². The van der Waals surface area contributed by atoms with Gasteiger partial charge in [-0.05, 0) is 43.5 Å². The predicted molar refractivity (Wildman–Crippen MR) is 89.3 cm³/mol. The Labute approximate surface area is 138 Å². The van der Waals surface area contributed by atoms with Gasteiger partial charge in [0.2, 0.25) is 0 Å². The van der Waals surface area contributed by atoms with Crippen LogP contribution in [0.1, 0.15) is 41.8 Å². The first-order chi connectivity index (χ1) is 10.8. The molecule has 1 rings (SSSR count). The van der Waals surface area contributed by atoms with Crippen LogP contribution in [0.25, 0.3) is 0 Å². The molecule has 0 radical (unpaired) electrons. The highest BCUT2D eigenvalue weighted by Crippen LogP contribution is 2.17. The zero-order valence-electron chi connectivity index (χ0n) is 14.6. The van der Waals surface area contributed by atoms with Gasteiger partial charge in [0.15, 0.2) is 0 Å². The molecule has 2 atom stereocenters. The number of esters is 1. The second kappa shape index (κ2) is 8.67. The van der Waals surface area contributed by atoms with Gasteiger partial charge in [0.25, 0.3) is 5.91 Å². The number of ether oxygens (including phenoxy) is 1. The Bertz CT molecular complexity index is 552. The van der Waals surface area contributed by atoms with Gasteiger partial charge in [0.1, 0.15) is 0 Å². The van der Waals surface area contributed by atoms with Crippen LogP contribution in [0.5, 0.6) is 0 Å². The lowest BCUT2D eigenvalue weighted by molar-refractivity contribution is -0.145. The number of nitrogens with zero attached hydrogens (tertiary/aromatic N) is 1. The SMILES string of the molecule is CCC(CO)N(CC(C)C(=O)OC)C(=O)c1ccc(C)c(C)c1. The normalized spacial score (nSPS) is 13.3. The molecule has 0 bridgehead atoms. The van der Waals surface area contributed by atoms with Crippen molar-refractivity contribution in [3.05, 3.63) is 34.9 Å². The summed E-state index contributed by atoms with van der Waals surface area (Å²) in [5, 5.41) is 9.59. The van der Waals surface area contributed by atoms with Crippen molar-refractivity contribution in [3.63, 3.8) is 0 Å². The molecular weight excluding hydrogens is 294 g/mol. The number of carbonyl (C=O) groups excluding carboxylic acids is 2. The summed E-state index contributed by atoms with van der Waals surface area (Å²) in [7, 11) is 1.33. The van der Waals surface area contributed by atoms with Crippen molar-refractivity contribution in [1.82, 2.24) is 4.90 Å². The van der Waals surface area contributed by atoms with E-state index in [-0.39, 0.29) is 31.1 Å². The quantitative estimate of drug-likeness (QED) is 0.783. The number of aryl methyl sites for hydroxylation is 2. The van der Waals surface area contributed by atoms with Crippen molar-refractivity contribution < 1.29 is 19.4 Å². The highest BCUT2D eigenvalue weighted by molar-refractivity contribution is 5.95. The fourth-order valence-electron chi connectivity index (χ4n) is 2.46. The van der Waals surface area contributed by atoms with Crippen LogP contribution in [0.2, 0.25) is 0 Å². The summed E-state index contributed by atoms with van der Waals surface area (Å²) in [5.41, 5.74) is 2.72. The number of hydrogen-bond donors (Lipinski definition) is 1. The first kappa shape index (κ1) is 19.2. The third kappa shape index (κ3) is 4.79. The Kier molecular flexibility index (Phi) is 7.23. The van der Waals surface area contributed by atoms with Gasteiger partial charge in [-0.25, -0.2) is 0 Å². The Hall–Kier alpha value is -1.88. The van der Waals surface area contributed by atoms with Crippen LogP contribution < -0.4 is 0 Å². The van der Waals surface area contributed by atoms with E-state index in [0.29, 0.717) is 12.0 Å². The van der Waals surface area contributed by atoms with Gasteiger partial charge in [-0.1, -0.05) is 19.9 Å². The molecule has 0 aliphatic carbocycles. The molecule has 0 fully saturated rings. The van der Waals surface area contributed by atoms with Gasteiger partial charge >= 0.3 is 5.97 Å². The molecule has 2 unspecified atom stereocenters. The number of amides is 1. The monoisotopic (exact) mass is 321 g/mol. The molecule has 0 heterocycles. The van der Waals surface area contributed by atoms with Crippen LogP contribution in [-0.4, -0.2) is 48.2 Å². The number of benzene rings is 1. The van der Waals surface area contributed by atoms with Gasteiger partial charge in [-0.2, -0.15) is 0 Å². The van der Waals surface area contributed by atoms with E-state index >= 15 is 0 Å². The Morgan fingerprint density at radius 2 is 1.91 bits per heavy atom. The smallest absolute Gasteiger partial charge is 0.310 e. The van der Waals surface area contributed by atoms with Crippen LogP contribution in [-0.2, 0) is 9.53 Å². The van der Waals surface area contributed by atoms with E-state index in [1.807, 2.05) is 32.9 Å². The molecule has 128 valence electrons. The second-order valence-electron chi connectivity index (χ2n) is 5.93. The summed E-state index contributed by atoms with van der Waals surface area (Å²) < 4.78 is 4.74. The van der Waals surface area contributed by atoms with E-state index in [1.54, 1.807) is 17.9 Å². The average molecular weight is 321 g/mol. The van der Waals surface area contributed by atoms with Crippen molar-refractivity contribution in [2.45, 2.75) is 40.2 Å². The van der Waals surface area contributed by atoms with E-state index in [9.17, 15) is 14.7 Å². The molecule has 1 aromatic carbocycles. The fraction of sp³-hybridized carbons (Fsp3) is 0.556. The van der Waals surface area contributed by atoms with Crippen LogP contribution in [0.4, 0.5) is 0 Å². The van der Waals surface area contributed by atoms with Gasteiger partial charge in [0.05, 0.1) is 25.7 Å². The first-order valence-electron chi connectivity index (χ1n) is 7.92. The van der Waals surface area contributed by atoms with Gasteiger partial charge in [0, 0.05) is 12.1 Å². The van der Waals surface area contributed by atoms with Crippen molar-refractivity contribution >= 4 is 11.9 Å². The maximum Gasteiger partial charge on any atom is 0.310 e. The molecule has 1 N–H and O–H groups in total. The Morgan fingerprint density at radius 1 is 1.26 bits per heavy atom. The standard InChI is InChI=1S/C18H27NO4/c1-6-16(11-20)19(10-14(4)18(22)23-5)17(21)15-8-7-12(2)13(3)9-15/h7-9,14,16,20H,6,10-11H2,1-5H3. The average Bonchev–Trinajstić information content (AvgIpc) is 2.55. The summed E-state index contributed by atoms with van der Waals surface area (Å²) in [6.45, 7) is 7.65. The molecular formula is C18H27NO4. The molecule has 1 aromatic rings. The third-order valence-corrected chi connectivity index (χ3v) is 4.21. The number of hydrogen-bond acceptors (Lipinski definition) is 4. The number of aliphatic hydroxyl groups excluding tert-OH is 1. The van der Waals surface area contributed by atoms with Crippen LogP contribution in [0, 0.1) is 19.8 Å². The molecule has 1 amide bonds. The zero-order chi connectivity index (χ0) is 17.6. The molecule has 23 heavy (non-hydrogen) atoms. The fourth-order valence-corrected chi connectivity index (χ4v) is 2.46. The van der Waals surface area contributed by atoms with Gasteiger partial charge in [-0.3, -0.25) is 9.59 Å². The van der Waals surface area contributed by atoms with E-state index in [4.69, 9.17) is 4.74 Å². The third-order valence-electron chi connectivity index (χ3n) is 4.21. The van der Waals surface area contributed by atoms with Gasteiger partial charge in [-0.15, -0.1) is 0 Å². The van der Waals surface area contributed by atoms with Crippen LogP contribution in [0.3, 0.4) is 0 Å². The summed E-state index contributed by atoms with van der Waals surface area (Å²) in [6.07, 6.45) is 0.612. The molecule has 0 saturated heterocycles. The largest absolute Gasteiger partial charge is 0.469 e. The lowest BCUT2D eigenvalue weighted by Crippen LogP contribution is -2.45. The Balaban J connectivity index is 3.09. The highest BCUT2D eigenvalue weighted by Gasteiger charge is 2.27. The molecule has 0 saturated carbocycles. The highest BCUT2D eigenvalue weighted by atomic mass is 16.5. The Morgan fingerprint density at radius 3 is 2.39 bits per heavy atom. The van der Waals surface area contributed by atoms with Crippen molar-refractivity contribution in [2.75, 3.05) is 20.3 Å². The van der Waals surface area contributed by atoms with Gasteiger partial charge < -0.3 is 14.7 Å². The molecule has 5 nitrogen and oxygen atoms in total. The van der Waals surface area contributed by atoms with E-state index in [0.717, 1.165) is 11.1 Å². The number of aliphatic hydroxyl groups is 1. The van der Waals surface area contributed by atoms with Crippen molar-refractivity contribution in [1.29, 1.82) is 0 Å². The minimum Gasteiger partial charge on any atom is -0.469 e. The molecule has 0 spiro atoms. The second-order valence-corrected chi connectivity index (χ2v) is 5.93. The minimum absolute atomic E-state index is 0.138. The summed E-state index contributed by atoms with van der Waals surface area (Å²) in [6, 6.07) is 5.21. The van der Waals surface area contributed by atoms with E-state index in [2.05, 4.69) is 0 Å². The maximum atomic E-state index is 12.9.